The Balaban J connectivity index is 1.48. The first-order valence-corrected chi connectivity index (χ1v) is 10.2. The van der Waals surface area contributed by atoms with Crippen molar-refractivity contribution in [3.63, 3.8) is 0 Å². The molecule has 0 aliphatic carbocycles. The van der Waals surface area contributed by atoms with Crippen LogP contribution in [-0.4, -0.2) is 44.0 Å². The van der Waals surface area contributed by atoms with E-state index < -0.39 is 0 Å². The van der Waals surface area contributed by atoms with E-state index in [-0.39, 0.29) is 24.3 Å². The Morgan fingerprint density at radius 1 is 0.929 bits per heavy atom. The van der Waals surface area contributed by atoms with Crippen molar-refractivity contribution < 1.29 is 14.5 Å². The van der Waals surface area contributed by atoms with E-state index in [1.807, 2.05) is 31.2 Å². The van der Waals surface area contributed by atoms with Crippen molar-refractivity contribution >= 4 is 46.4 Å². The molecule has 0 saturated carbocycles. The highest BCUT2D eigenvalue weighted by atomic mass is 35.5. The van der Waals surface area contributed by atoms with Crippen LogP contribution in [0.1, 0.15) is 12.0 Å². The lowest BCUT2D eigenvalue weighted by Gasteiger charge is -2.36. The van der Waals surface area contributed by atoms with Gasteiger partial charge >= 0.3 is 0 Å². The first-order valence-electron chi connectivity index (χ1n) is 9.43. The van der Waals surface area contributed by atoms with Crippen LogP contribution in [0.5, 0.6) is 0 Å². The number of anilines is 2. The summed E-state index contributed by atoms with van der Waals surface area (Å²) < 4.78 is 0. The van der Waals surface area contributed by atoms with Crippen molar-refractivity contribution in [2.75, 3.05) is 36.0 Å². The Kier molecular flexibility index (Phi) is 5.32. The number of nitrogens with zero attached hydrogens (tertiary/aromatic N) is 2. The molecule has 146 valence electrons. The van der Waals surface area contributed by atoms with E-state index in [2.05, 4.69) is 4.90 Å². The minimum atomic E-state index is -0.334. The number of carbonyl (C=O) groups is 2. The number of piperazine rings is 1. The van der Waals surface area contributed by atoms with Gasteiger partial charge in [-0.3, -0.25) is 9.59 Å². The highest BCUT2D eigenvalue weighted by molar-refractivity contribution is 6.33. The molecule has 0 spiro atoms. The van der Waals surface area contributed by atoms with Gasteiger partial charge in [-0.2, -0.15) is 0 Å². The normalized spacial score (nSPS) is 20.9. The molecule has 0 bridgehead atoms. The van der Waals surface area contributed by atoms with Gasteiger partial charge in [0, 0.05) is 5.02 Å². The lowest BCUT2D eigenvalue weighted by Crippen LogP contribution is -3.19. The Morgan fingerprint density at radius 3 is 2.29 bits per heavy atom. The number of quaternary nitrogens is 1. The topological polar surface area (TPSA) is 45.1 Å². The maximum absolute atomic E-state index is 13.1. The van der Waals surface area contributed by atoms with E-state index in [9.17, 15) is 9.59 Å². The smallest absolute Gasteiger partial charge is 0.292 e. The molecule has 2 heterocycles. The second-order valence-electron chi connectivity index (χ2n) is 7.30. The molecule has 28 heavy (non-hydrogen) atoms. The van der Waals surface area contributed by atoms with Crippen LogP contribution in [0.2, 0.25) is 10.0 Å². The van der Waals surface area contributed by atoms with Crippen molar-refractivity contribution in [2.45, 2.75) is 19.4 Å². The van der Waals surface area contributed by atoms with Crippen LogP contribution < -0.4 is 14.7 Å². The van der Waals surface area contributed by atoms with Gasteiger partial charge < -0.3 is 9.80 Å². The molecule has 2 aromatic rings. The zero-order valence-electron chi connectivity index (χ0n) is 15.6. The fourth-order valence-electron chi connectivity index (χ4n) is 4.13. The van der Waals surface area contributed by atoms with Gasteiger partial charge in [0.2, 0.25) is 5.91 Å². The number of benzene rings is 2. The summed E-state index contributed by atoms with van der Waals surface area (Å²) in [6.45, 7) is 5.01. The average molecular weight is 419 g/mol. The van der Waals surface area contributed by atoms with E-state index in [0.717, 1.165) is 47.4 Å². The third-order valence-electron chi connectivity index (χ3n) is 5.72. The molecule has 7 heteroatoms. The fourth-order valence-corrected chi connectivity index (χ4v) is 4.56. The summed E-state index contributed by atoms with van der Waals surface area (Å²) in [5, 5.41) is 1.29. The number of hydrogen-bond donors (Lipinski definition) is 1. The highest BCUT2D eigenvalue weighted by Crippen LogP contribution is 2.30. The number of halogens is 2. The molecule has 2 fully saturated rings. The van der Waals surface area contributed by atoms with Gasteiger partial charge in [-0.1, -0.05) is 41.4 Å². The number of rotatable bonds is 3. The van der Waals surface area contributed by atoms with Crippen LogP contribution in [0.15, 0.2) is 42.5 Å². The van der Waals surface area contributed by atoms with E-state index in [1.165, 1.54) is 4.90 Å². The van der Waals surface area contributed by atoms with Gasteiger partial charge in [0.1, 0.15) is 0 Å². The van der Waals surface area contributed by atoms with Gasteiger partial charge in [-0.05, 0) is 36.8 Å². The first kappa shape index (κ1) is 19.2. The number of hydrogen-bond acceptors (Lipinski definition) is 3. The van der Waals surface area contributed by atoms with Gasteiger partial charge in [-0.25, -0.2) is 4.90 Å². The van der Waals surface area contributed by atoms with Crippen LogP contribution in [0.3, 0.4) is 0 Å². The largest absolute Gasteiger partial charge is 0.359 e. The average Bonchev–Trinajstić information content (AvgIpc) is 2.99. The van der Waals surface area contributed by atoms with Crippen LogP contribution in [0.4, 0.5) is 11.4 Å². The van der Waals surface area contributed by atoms with Gasteiger partial charge in [-0.15, -0.1) is 0 Å². The van der Waals surface area contributed by atoms with E-state index >= 15 is 0 Å². The monoisotopic (exact) mass is 418 g/mol. The molecule has 0 aromatic heterocycles. The molecule has 1 N–H and O–H groups in total. The molecule has 0 radical (unpaired) electrons. The lowest BCUT2D eigenvalue weighted by molar-refractivity contribution is -0.915. The van der Waals surface area contributed by atoms with E-state index in [4.69, 9.17) is 23.2 Å². The number of carbonyl (C=O) groups excluding carboxylic acids is 2. The van der Waals surface area contributed by atoms with Gasteiger partial charge in [0.05, 0.1) is 49.0 Å². The zero-order valence-corrected chi connectivity index (χ0v) is 17.1. The van der Waals surface area contributed by atoms with Crippen LogP contribution in [0, 0.1) is 6.92 Å². The molecule has 2 aliphatic heterocycles. The third kappa shape index (κ3) is 3.39. The highest BCUT2D eigenvalue weighted by Gasteiger charge is 2.46. The van der Waals surface area contributed by atoms with E-state index in [1.54, 1.807) is 18.2 Å². The summed E-state index contributed by atoms with van der Waals surface area (Å²) in [5.74, 6) is -0.280. The van der Waals surface area contributed by atoms with Crippen LogP contribution in [-0.2, 0) is 9.59 Å². The fraction of sp³-hybridized carbons (Fsp3) is 0.333. The molecule has 4 rings (SSSR count). The van der Waals surface area contributed by atoms with Crippen LogP contribution in [0.25, 0.3) is 0 Å². The molecule has 0 unspecified atom stereocenters. The summed E-state index contributed by atoms with van der Waals surface area (Å²) in [5.41, 5.74) is 2.37. The van der Waals surface area contributed by atoms with Crippen molar-refractivity contribution in [1.29, 1.82) is 0 Å². The van der Waals surface area contributed by atoms with E-state index in [0.29, 0.717) is 10.7 Å². The molecule has 5 nitrogen and oxygen atoms in total. The van der Waals surface area contributed by atoms with Crippen molar-refractivity contribution in [3.8, 4) is 0 Å². The van der Waals surface area contributed by atoms with Crippen LogP contribution >= 0.6 is 23.2 Å². The molecular formula is C21H22Cl2N3O2+. The Labute approximate surface area is 174 Å². The molecular weight excluding hydrogens is 397 g/mol. The third-order valence-corrected chi connectivity index (χ3v) is 6.45. The zero-order chi connectivity index (χ0) is 19.8. The van der Waals surface area contributed by atoms with Crippen molar-refractivity contribution in [3.05, 3.63) is 58.1 Å². The predicted molar refractivity (Wildman–Crippen MR) is 111 cm³/mol. The summed E-state index contributed by atoms with van der Waals surface area (Å²) >= 11 is 12.5. The maximum atomic E-state index is 13.1. The summed E-state index contributed by atoms with van der Waals surface area (Å²) in [7, 11) is 0. The minimum absolute atomic E-state index is 0.128. The number of nitrogens with one attached hydrogen (secondary N) is 1. The molecule has 2 saturated heterocycles. The summed E-state index contributed by atoms with van der Waals surface area (Å²) in [4.78, 5) is 30.5. The quantitative estimate of drug-likeness (QED) is 0.777. The number of para-hydroxylation sites is 1. The second-order valence-corrected chi connectivity index (χ2v) is 8.12. The number of amides is 2. The lowest BCUT2D eigenvalue weighted by atomic mass is 10.1. The first-order chi connectivity index (χ1) is 13.5. The molecule has 2 amide bonds. The van der Waals surface area contributed by atoms with Crippen molar-refractivity contribution in [1.82, 2.24) is 0 Å². The Morgan fingerprint density at radius 2 is 1.57 bits per heavy atom. The minimum Gasteiger partial charge on any atom is -0.359 e. The maximum Gasteiger partial charge on any atom is 0.292 e. The molecule has 2 aliphatic rings. The van der Waals surface area contributed by atoms with Crippen molar-refractivity contribution in [2.24, 2.45) is 0 Å². The summed E-state index contributed by atoms with van der Waals surface area (Å²) in [6.07, 6.45) is 0.242. The Hall–Kier alpha value is -2.08. The molecule has 2 aromatic carbocycles. The predicted octanol–water partition coefficient (Wildman–Crippen LogP) is 2.34. The van der Waals surface area contributed by atoms with Gasteiger partial charge in [0.25, 0.3) is 5.91 Å². The summed E-state index contributed by atoms with van der Waals surface area (Å²) in [6, 6.07) is 12.8. The number of imide groups is 1. The standard InChI is InChI=1S/C21H21Cl2N3O2/c1-14-15(22)6-4-8-17(14)26-20(27)13-19(21(26)28)25-11-9-24(10-12-25)18-7-3-2-5-16(18)23/h2-8,19H,9-13H2,1H3/p+1/t19-/m0/s1. The Bertz CT molecular complexity index is 926. The molecule has 1 atom stereocenters. The second kappa shape index (κ2) is 7.74. The van der Waals surface area contributed by atoms with Gasteiger partial charge in [0.15, 0.2) is 6.04 Å². The SMILES string of the molecule is Cc1c(Cl)cccc1N1C(=O)C[C@H]([NH+]2CCN(c3ccccc3Cl)CC2)C1=O.